The van der Waals surface area contributed by atoms with E-state index in [0.717, 1.165) is 41.6 Å². The van der Waals surface area contributed by atoms with Crippen LogP contribution in [0.4, 0.5) is 23.7 Å². The quantitative estimate of drug-likeness (QED) is 0.135. The normalized spacial score (nSPS) is 17.2. The fraction of sp³-hybridized carbons (Fsp3) is 0.432. The lowest BCUT2D eigenvalue weighted by Gasteiger charge is -2.35. The molecule has 2 fully saturated rings. The predicted octanol–water partition coefficient (Wildman–Crippen LogP) is 5.39. The SMILES string of the molecule is CC(C)(C)OC(=O)N1CCN(CCOCCOc2ccc(-c3cnc4[nH]cc(C(=O)c5c(F)ccc(NS(=O)(=O)N6CCC(F)C6)c5F)c4c3)cc2)CC1. The molecule has 2 aliphatic rings. The molecule has 13 nitrogen and oxygen atoms in total. The summed E-state index contributed by atoms with van der Waals surface area (Å²) in [6, 6.07) is 10.5. The van der Waals surface area contributed by atoms with E-state index in [9.17, 15) is 26.8 Å². The van der Waals surface area contributed by atoms with Crippen molar-refractivity contribution in [1.29, 1.82) is 0 Å². The third-order valence-electron chi connectivity index (χ3n) is 9.03. The van der Waals surface area contributed by atoms with Gasteiger partial charge in [0.25, 0.3) is 0 Å². The molecule has 2 N–H and O–H groups in total. The number of halogens is 3. The lowest BCUT2D eigenvalue weighted by molar-refractivity contribution is 0.0108. The number of aromatic nitrogens is 2. The number of carbonyl (C=O) groups excluding carboxylic acids is 2. The Morgan fingerprint density at radius 1 is 0.981 bits per heavy atom. The number of H-pyrrole nitrogens is 1. The highest BCUT2D eigenvalue weighted by molar-refractivity contribution is 7.90. The van der Waals surface area contributed by atoms with Crippen molar-refractivity contribution < 1.29 is 45.4 Å². The van der Waals surface area contributed by atoms with Gasteiger partial charge in [-0.2, -0.15) is 12.7 Å². The number of hydrogen-bond donors (Lipinski definition) is 2. The minimum Gasteiger partial charge on any atom is -0.491 e. The van der Waals surface area contributed by atoms with Crippen LogP contribution >= 0.6 is 0 Å². The van der Waals surface area contributed by atoms with Crippen LogP contribution in [-0.2, 0) is 19.7 Å². The average molecular weight is 773 g/mol. The van der Waals surface area contributed by atoms with E-state index in [0.29, 0.717) is 55.3 Å². The first kappa shape index (κ1) is 39.0. The van der Waals surface area contributed by atoms with Crippen LogP contribution in [0.3, 0.4) is 0 Å². The van der Waals surface area contributed by atoms with Crippen molar-refractivity contribution in [3.63, 3.8) is 0 Å². The molecule has 2 aliphatic heterocycles. The monoisotopic (exact) mass is 772 g/mol. The molecule has 290 valence electrons. The minimum atomic E-state index is -4.35. The van der Waals surface area contributed by atoms with Crippen LogP contribution < -0.4 is 9.46 Å². The van der Waals surface area contributed by atoms with Crippen LogP contribution in [0.5, 0.6) is 5.75 Å². The summed E-state index contributed by atoms with van der Waals surface area (Å²) in [4.78, 5) is 37.0. The Kier molecular flexibility index (Phi) is 11.8. The number of ketones is 1. The molecule has 2 saturated heterocycles. The molecule has 0 spiro atoms. The zero-order valence-electron chi connectivity index (χ0n) is 30.2. The number of carbonyl (C=O) groups is 2. The first-order chi connectivity index (χ1) is 25.7. The molecular weight excluding hydrogens is 730 g/mol. The molecule has 0 saturated carbocycles. The number of amides is 1. The van der Waals surface area contributed by atoms with Crippen LogP contribution in [0.25, 0.3) is 22.2 Å². The summed E-state index contributed by atoms with van der Waals surface area (Å²) in [6.45, 7) is 9.76. The van der Waals surface area contributed by atoms with Gasteiger partial charge in [0.2, 0.25) is 5.78 Å². The topological polar surface area (TPSA) is 146 Å². The van der Waals surface area contributed by atoms with Crippen molar-refractivity contribution >= 4 is 38.8 Å². The second kappa shape index (κ2) is 16.3. The number of piperazine rings is 1. The van der Waals surface area contributed by atoms with Gasteiger partial charge in [-0.25, -0.2) is 22.9 Å². The molecule has 2 aromatic carbocycles. The molecule has 0 radical (unpaired) electrons. The van der Waals surface area contributed by atoms with Crippen LogP contribution in [0.1, 0.15) is 43.1 Å². The number of benzene rings is 2. The summed E-state index contributed by atoms with van der Waals surface area (Å²) in [6.07, 6.45) is 1.24. The van der Waals surface area contributed by atoms with Crippen LogP contribution in [-0.4, -0.2) is 122 Å². The number of hydrogen-bond acceptors (Lipinski definition) is 9. The van der Waals surface area contributed by atoms with E-state index in [4.69, 9.17) is 14.2 Å². The Morgan fingerprint density at radius 3 is 2.41 bits per heavy atom. The van der Waals surface area contributed by atoms with Gasteiger partial charge in [0.1, 0.15) is 35.6 Å². The standard InChI is InChI=1S/C37H43F3N6O7S/c1-37(2,3)53-36(48)45-14-12-44(13-15-45)16-17-51-18-19-52-27-6-4-24(5-7-27)25-20-28-29(22-42-35(28)41-21-25)34(47)32-30(39)8-9-31(33(32)40)43-54(49,50)46-11-10-26(38)23-46/h4-9,20-22,26,43H,10-19,23H2,1-3H3,(H,41,42). The van der Waals surface area contributed by atoms with Gasteiger partial charge in [-0.1, -0.05) is 12.1 Å². The Morgan fingerprint density at radius 2 is 1.72 bits per heavy atom. The van der Waals surface area contributed by atoms with E-state index in [1.807, 2.05) is 37.6 Å². The smallest absolute Gasteiger partial charge is 0.410 e. The van der Waals surface area contributed by atoms with Gasteiger partial charge in [0.05, 0.1) is 24.5 Å². The number of alkyl halides is 1. The third-order valence-corrected chi connectivity index (χ3v) is 10.5. The van der Waals surface area contributed by atoms with Crippen LogP contribution in [0, 0.1) is 11.6 Å². The van der Waals surface area contributed by atoms with E-state index in [-0.39, 0.29) is 31.2 Å². The Bertz CT molecular complexity index is 2080. The summed E-state index contributed by atoms with van der Waals surface area (Å²) < 4.78 is 89.5. The predicted molar refractivity (Wildman–Crippen MR) is 196 cm³/mol. The van der Waals surface area contributed by atoms with Gasteiger partial charge in [0, 0.05) is 74.7 Å². The molecule has 2 aromatic heterocycles. The lowest BCUT2D eigenvalue weighted by Crippen LogP contribution is -2.50. The summed E-state index contributed by atoms with van der Waals surface area (Å²) in [5, 5.41) is 0.302. The minimum absolute atomic E-state index is 0.00240. The molecule has 0 aliphatic carbocycles. The molecule has 17 heteroatoms. The molecule has 1 amide bonds. The lowest BCUT2D eigenvalue weighted by atomic mass is 10.00. The van der Waals surface area contributed by atoms with Gasteiger partial charge in [0.15, 0.2) is 5.82 Å². The van der Waals surface area contributed by atoms with Gasteiger partial charge in [-0.05, 0) is 63.1 Å². The zero-order valence-corrected chi connectivity index (χ0v) is 31.1. The molecule has 6 rings (SSSR count). The summed E-state index contributed by atoms with van der Waals surface area (Å²) in [5.74, 6) is -2.98. The number of pyridine rings is 1. The number of aromatic amines is 1. The third kappa shape index (κ3) is 9.32. The van der Waals surface area contributed by atoms with Gasteiger partial charge >= 0.3 is 16.3 Å². The van der Waals surface area contributed by atoms with E-state index >= 15 is 4.39 Å². The molecule has 0 bridgehead atoms. The first-order valence-electron chi connectivity index (χ1n) is 17.6. The van der Waals surface area contributed by atoms with E-state index in [1.165, 1.54) is 6.20 Å². The summed E-state index contributed by atoms with van der Waals surface area (Å²) in [5.41, 5.74) is -0.509. The summed E-state index contributed by atoms with van der Waals surface area (Å²) >= 11 is 0. The van der Waals surface area contributed by atoms with Crippen molar-refractivity contribution in [2.75, 3.05) is 70.4 Å². The van der Waals surface area contributed by atoms with Gasteiger partial charge in [-0.3, -0.25) is 14.4 Å². The highest BCUT2D eigenvalue weighted by atomic mass is 32.2. The highest BCUT2D eigenvalue weighted by Crippen LogP contribution is 2.31. The Labute approximate surface area is 311 Å². The van der Waals surface area contributed by atoms with Crippen molar-refractivity contribution in [2.24, 2.45) is 0 Å². The number of fused-ring (bicyclic) bond motifs is 1. The second-order valence-electron chi connectivity index (χ2n) is 14.1. The van der Waals surface area contributed by atoms with E-state index in [1.54, 1.807) is 29.3 Å². The molecule has 1 unspecified atom stereocenters. The van der Waals surface area contributed by atoms with Crippen molar-refractivity contribution in [3.05, 3.63) is 77.6 Å². The van der Waals surface area contributed by atoms with Crippen molar-refractivity contribution in [3.8, 4) is 16.9 Å². The average Bonchev–Trinajstić information content (AvgIpc) is 3.77. The number of nitrogens with one attached hydrogen (secondary N) is 2. The zero-order chi connectivity index (χ0) is 38.6. The first-order valence-corrected chi connectivity index (χ1v) is 19.1. The fourth-order valence-corrected chi connectivity index (χ4v) is 7.44. The molecule has 1 atom stereocenters. The molecule has 54 heavy (non-hydrogen) atoms. The largest absolute Gasteiger partial charge is 0.491 e. The summed E-state index contributed by atoms with van der Waals surface area (Å²) in [7, 11) is -4.35. The fourth-order valence-electron chi connectivity index (χ4n) is 6.17. The maximum Gasteiger partial charge on any atom is 0.410 e. The Balaban J connectivity index is 1.02. The number of rotatable bonds is 13. The van der Waals surface area contributed by atoms with Crippen molar-refractivity contribution in [1.82, 2.24) is 24.1 Å². The highest BCUT2D eigenvalue weighted by Gasteiger charge is 2.33. The van der Waals surface area contributed by atoms with Crippen LogP contribution in [0.15, 0.2) is 54.9 Å². The second-order valence-corrected chi connectivity index (χ2v) is 15.8. The van der Waals surface area contributed by atoms with Crippen molar-refractivity contribution in [2.45, 2.75) is 39.0 Å². The molecule has 4 aromatic rings. The van der Waals surface area contributed by atoms with Crippen LogP contribution in [0.2, 0.25) is 0 Å². The number of ether oxygens (including phenoxy) is 3. The maximum atomic E-state index is 15.6. The Hall–Kier alpha value is -4.71. The molecule has 4 heterocycles. The number of nitrogens with zero attached hydrogens (tertiary/aromatic N) is 4. The van der Waals surface area contributed by atoms with E-state index < -0.39 is 50.7 Å². The van der Waals surface area contributed by atoms with E-state index in [2.05, 4.69) is 14.9 Å². The maximum absolute atomic E-state index is 15.6. The van der Waals surface area contributed by atoms with Gasteiger partial charge < -0.3 is 24.1 Å². The number of anilines is 1. The molecular formula is C37H43F3N6O7S. The van der Waals surface area contributed by atoms with Gasteiger partial charge in [-0.15, -0.1) is 0 Å².